The lowest BCUT2D eigenvalue weighted by Gasteiger charge is -2.25. The van der Waals surface area contributed by atoms with E-state index < -0.39 is 0 Å². The highest BCUT2D eigenvalue weighted by Crippen LogP contribution is 2.34. The normalized spacial score (nSPS) is 18.2. The Morgan fingerprint density at radius 3 is 2.86 bits per heavy atom. The average molecular weight is 283 g/mol. The van der Waals surface area contributed by atoms with Gasteiger partial charge in [-0.3, -0.25) is 9.48 Å². The molecule has 1 aliphatic heterocycles. The maximum Gasteiger partial charge on any atom is 0.274 e. The molecule has 2 heterocycles. The van der Waals surface area contributed by atoms with Crippen LogP contribution in [0.1, 0.15) is 47.4 Å². The molecule has 1 aliphatic rings. The van der Waals surface area contributed by atoms with E-state index >= 15 is 0 Å². The fraction of sp³-hybridized carbons (Fsp3) is 0.412. The van der Waals surface area contributed by atoms with E-state index in [-0.39, 0.29) is 11.9 Å². The van der Waals surface area contributed by atoms with Crippen molar-refractivity contribution in [3.63, 3.8) is 0 Å². The van der Waals surface area contributed by atoms with Gasteiger partial charge < -0.3 is 4.90 Å². The van der Waals surface area contributed by atoms with Gasteiger partial charge in [-0.2, -0.15) is 5.10 Å². The molecule has 0 spiro atoms. The molecule has 1 aromatic heterocycles. The van der Waals surface area contributed by atoms with Crippen molar-refractivity contribution >= 4 is 5.91 Å². The molecule has 0 N–H and O–H groups in total. The number of aromatic nitrogens is 2. The molecule has 0 unspecified atom stereocenters. The van der Waals surface area contributed by atoms with Crippen LogP contribution in [0.2, 0.25) is 0 Å². The van der Waals surface area contributed by atoms with Crippen molar-refractivity contribution in [2.75, 3.05) is 6.54 Å². The molecule has 0 bridgehead atoms. The fourth-order valence-electron chi connectivity index (χ4n) is 3.09. The maximum absolute atomic E-state index is 12.7. The van der Waals surface area contributed by atoms with Crippen molar-refractivity contribution in [3.05, 3.63) is 53.3 Å². The average Bonchev–Trinajstić information content (AvgIpc) is 3.16. The van der Waals surface area contributed by atoms with Crippen LogP contribution in [-0.2, 0) is 6.54 Å². The van der Waals surface area contributed by atoms with Crippen LogP contribution in [0.5, 0.6) is 0 Å². The van der Waals surface area contributed by atoms with Crippen LogP contribution >= 0.6 is 0 Å². The molecule has 110 valence electrons. The molecule has 0 aliphatic carbocycles. The Balaban J connectivity index is 1.87. The number of amides is 1. The molecule has 1 atom stereocenters. The van der Waals surface area contributed by atoms with Crippen molar-refractivity contribution in [1.82, 2.24) is 14.7 Å². The second kappa shape index (κ2) is 5.72. The minimum absolute atomic E-state index is 0.0490. The Kier molecular flexibility index (Phi) is 3.78. The zero-order valence-corrected chi connectivity index (χ0v) is 12.6. The Morgan fingerprint density at radius 1 is 1.33 bits per heavy atom. The second-order valence-corrected chi connectivity index (χ2v) is 5.57. The summed E-state index contributed by atoms with van der Waals surface area (Å²) in [7, 11) is 0. The monoisotopic (exact) mass is 283 g/mol. The summed E-state index contributed by atoms with van der Waals surface area (Å²) in [5.41, 5.74) is 3.07. The van der Waals surface area contributed by atoms with E-state index in [9.17, 15) is 4.79 Å². The minimum Gasteiger partial charge on any atom is -0.330 e. The summed E-state index contributed by atoms with van der Waals surface area (Å²) in [5, 5.41) is 4.35. The van der Waals surface area contributed by atoms with E-state index in [1.54, 1.807) is 4.68 Å². The lowest BCUT2D eigenvalue weighted by molar-refractivity contribution is 0.0728. The van der Waals surface area contributed by atoms with Crippen LogP contribution in [0.3, 0.4) is 0 Å². The van der Waals surface area contributed by atoms with E-state index in [1.165, 1.54) is 11.1 Å². The van der Waals surface area contributed by atoms with Gasteiger partial charge in [0.05, 0.1) is 6.04 Å². The maximum atomic E-state index is 12.7. The molecule has 4 heteroatoms. The van der Waals surface area contributed by atoms with E-state index in [0.29, 0.717) is 5.69 Å². The molecular weight excluding hydrogens is 262 g/mol. The highest BCUT2D eigenvalue weighted by molar-refractivity contribution is 5.92. The van der Waals surface area contributed by atoms with Crippen molar-refractivity contribution in [1.29, 1.82) is 0 Å². The van der Waals surface area contributed by atoms with Crippen LogP contribution in [-0.4, -0.2) is 27.1 Å². The van der Waals surface area contributed by atoms with Gasteiger partial charge in [-0.05, 0) is 43.9 Å². The number of likely N-dealkylation sites (tertiary alicyclic amines) is 1. The van der Waals surface area contributed by atoms with Gasteiger partial charge >= 0.3 is 0 Å². The molecule has 1 saturated heterocycles. The van der Waals surface area contributed by atoms with Gasteiger partial charge in [0.2, 0.25) is 0 Å². The van der Waals surface area contributed by atoms with Gasteiger partial charge in [0.1, 0.15) is 5.69 Å². The van der Waals surface area contributed by atoms with Crippen molar-refractivity contribution < 1.29 is 4.79 Å². The molecule has 0 saturated carbocycles. The number of carbonyl (C=O) groups is 1. The van der Waals surface area contributed by atoms with Crippen LogP contribution in [0.4, 0.5) is 0 Å². The van der Waals surface area contributed by atoms with E-state index in [4.69, 9.17) is 0 Å². The first-order chi connectivity index (χ1) is 10.2. The molecule has 1 fully saturated rings. The quantitative estimate of drug-likeness (QED) is 0.867. The number of carbonyl (C=O) groups excluding carboxylic acids is 1. The summed E-state index contributed by atoms with van der Waals surface area (Å²) in [6, 6.07) is 10.3. The first-order valence-corrected chi connectivity index (χ1v) is 7.60. The second-order valence-electron chi connectivity index (χ2n) is 5.57. The smallest absolute Gasteiger partial charge is 0.274 e. The topological polar surface area (TPSA) is 38.1 Å². The third kappa shape index (κ3) is 2.58. The SMILES string of the molecule is CCn1ccc(C(=O)N2CCC[C@H]2c2ccccc2C)n1. The summed E-state index contributed by atoms with van der Waals surface area (Å²) in [6.45, 7) is 5.74. The number of rotatable bonds is 3. The number of hydrogen-bond donors (Lipinski definition) is 0. The molecule has 2 aromatic rings. The molecular formula is C17H21N3O. The summed E-state index contributed by atoms with van der Waals surface area (Å²) in [5.74, 6) is 0.0490. The van der Waals surface area contributed by atoms with Crippen molar-refractivity contribution in [2.24, 2.45) is 0 Å². The van der Waals surface area contributed by atoms with Gasteiger partial charge in [0, 0.05) is 19.3 Å². The van der Waals surface area contributed by atoms with Gasteiger partial charge in [-0.25, -0.2) is 0 Å². The third-order valence-electron chi connectivity index (χ3n) is 4.24. The number of benzene rings is 1. The highest BCUT2D eigenvalue weighted by atomic mass is 16.2. The van der Waals surface area contributed by atoms with E-state index in [0.717, 1.165) is 25.9 Å². The van der Waals surface area contributed by atoms with Gasteiger partial charge in [-0.1, -0.05) is 24.3 Å². The van der Waals surface area contributed by atoms with Gasteiger partial charge in [0.15, 0.2) is 0 Å². The molecule has 1 aromatic carbocycles. The summed E-state index contributed by atoms with van der Waals surface area (Å²) < 4.78 is 1.80. The summed E-state index contributed by atoms with van der Waals surface area (Å²) in [6.07, 6.45) is 3.95. The first-order valence-electron chi connectivity index (χ1n) is 7.60. The Morgan fingerprint density at radius 2 is 2.14 bits per heavy atom. The Labute approximate surface area is 125 Å². The van der Waals surface area contributed by atoms with Gasteiger partial charge in [0.25, 0.3) is 5.91 Å². The van der Waals surface area contributed by atoms with Gasteiger partial charge in [-0.15, -0.1) is 0 Å². The van der Waals surface area contributed by atoms with Crippen LogP contribution in [0.25, 0.3) is 0 Å². The van der Waals surface area contributed by atoms with Crippen LogP contribution < -0.4 is 0 Å². The zero-order valence-electron chi connectivity index (χ0n) is 12.6. The van der Waals surface area contributed by atoms with Crippen LogP contribution in [0.15, 0.2) is 36.5 Å². The van der Waals surface area contributed by atoms with Crippen LogP contribution in [0, 0.1) is 6.92 Å². The number of aryl methyl sites for hydroxylation is 2. The molecule has 4 nitrogen and oxygen atoms in total. The minimum atomic E-state index is 0.0490. The largest absolute Gasteiger partial charge is 0.330 e. The Hall–Kier alpha value is -2.10. The van der Waals surface area contributed by atoms with Crippen molar-refractivity contribution in [2.45, 2.75) is 39.3 Å². The first kappa shape index (κ1) is 13.9. The zero-order chi connectivity index (χ0) is 14.8. The number of hydrogen-bond acceptors (Lipinski definition) is 2. The molecule has 1 amide bonds. The highest BCUT2D eigenvalue weighted by Gasteiger charge is 2.32. The van der Waals surface area contributed by atoms with E-state index in [2.05, 4.69) is 30.2 Å². The molecule has 3 rings (SSSR count). The third-order valence-corrected chi connectivity index (χ3v) is 4.24. The lowest BCUT2D eigenvalue weighted by atomic mass is 9.99. The Bertz CT molecular complexity index is 647. The van der Waals surface area contributed by atoms with Crippen molar-refractivity contribution in [3.8, 4) is 0 Å². The fourth-order valence-corrected chi connectivity index (χ4v) is 3.09. The molecule has 0 radical (unpaired) electrons. The predicted molar refractivity (Wildman–Crippen MR) is 82.1 cm³/mol. The lowest BCUT2D eigenvalue weighted by Crippen LogP contribution is -2.31. The summed E-state index contributed by atoms with van der Waals surface area (Å²) in [4.78, 5) is 14.7. The number of nitrogens with zero attached hydrogens (tertiary/aromatic N) is 3. The molecule has 21 heavy (non-hydrogen) atoms. The van der Waals surface area contributed by atoms with E-state index in [1.807, 2.05) is 30.2 Å². The summed E-state index contributed by atoms with van der Waals surface area (Å²) >= 11 is 0. The predicted octanol–water partition coefficient (Wildman–Crippen LogP) is 3.19. The standard InChI is InChI=1S/C17H21N3O/c1-3-19-12-10-15(18-19)17(21)20-11-6-9-16(20)14-8-5-4-7-13(14)2/h4-5,7-8,10,12,16H,3,6,9,11H2,1-2H3/t16-/m0/s1.